The van der Waals surface area contributed by atoms with Crippen molar-refractivity contribution in [2.75, 3.05) is 19.6 Å². The minimum absolute atomic E-state index is 0.0703. The lowest BCUT2D eigenvalue weighted by Crippen LogP contribution is -2.56. The van der Waals surface area contributed by atoms with Gasteiger partial charge < -0.3 is 43.2 Å². The zero-order valence-corrected chi connectivity index (χ0v) is 29.5. The SMILES string of the molecule is CCCCCCCCCCCCCCCC(=O)NCC(=O)NC(CCC(N)=O)C(=O)N1CCCC1C(=O)NC(CCCN=C(N)N)C(=O)O. The van der Waals surface area contributed by atoms with E-state index >= 15 is 0 Å². The molecule has 15 nitrogen and oxygen atoms in total. The Labute approximate surface area is 291 Å². The first kappa shape index (κ1) is 43.1. The number of rotatable bonds is 28. The number of nitrogens with two attached hydrogens (primary N) is 3. The van der Waals surface area contributed by atoms with Crippen LogP contribution in [0.5, 0.6) is 0 Å². The number of amides is 5. The topological polar surface area (TPSA) is 252 Å². The Balaban J connectivity index is 2.51. The zero-order valence-electron chi connectivity index (χ0n) is 29.5. The first-order chi connectivity index (χ1) is 23.5. The molecule has 1 saturated heterocycles. The molecule has 0 aromatic heterocycles. The lowest BCUT2D eigenvalue weighted by molar-refractivity contribution is -0.145. The molecule has 3 atom stereocenters. The molecule has 10 N–H and O–H groups in total. The quantitative estimate of drug-likeness (QED) is 0.0358. The number of hydrogen-bond donors (Lipinski definition) is 7. The van der Waals surface area contributed by atoms with Gasteiger partial charge in [0.05, 0.1) is 6.54 Å². The maximum Gasteiger partial charge on any atom is 0.326 e. The van der Waals surface area contributed by atoms with Crippen LogP contribution in [0.1, 0.15) is 135 Å². The Kier molecular flexibility index (Phi) is 22.9. The number of carboxylic acids is 1. The maximum absolute atomic E-state index is 13.5. The Morgan fingerprint density at radius 3 is 1.90 bits per heavy atom. The van der Waals surface area contributed by atoms with Gasteiger partial charge in [-0.2, -0.15) is 0 Å². The number of carbonyl (C=O) groups excluding carboxylic acids is 5. The number of carboxylic acid groups (broad SMARTS) is 1. The Morgan fingerprint density at radius 2 is 1.35 bits per heavy atom. The van der Waals surface area contributed by atoms with Gasteiger partial charge in [-0.1, -0.05) is 84.0 Å². The van der Waals surface area contributed by atoms with Crippen molar-refractivity contribution in [1.29, 1.82) is 0 Å². The minimum atomic E-state index is -1.24. The molecule has 0 radical (unpaired) electrons. The van der Waals surface area contributed by atoms with Gasteiger partial charge in [0.2, 0.25) is 29.5 Å². The number of hydrogen-bond acceptors (Lipinski definition) is 7. The predicted octanol–water partition coefficient (Wildman–Crippen LogP) is 1.95. The fourth-order valence-electron chi connectivity index (χ4n) is 5.89. The van der Waals surface area contributed by atoms with Crippen LogP contribution in [0.15, 0.2) is 4.99 Å². The number of likely N-dealkylation sites (tertiary alicyclic amines) is 1. The van der Waals surface area contributed by atoms with E-state index in [2.05, 4.69) is 27.9 Å². The second-order valence-corrected chi connectivity index (χ2v) is 12.9. The number of primary amides is 1. The van der Waals surface area contributed by atoms with Crippen LogP contribution in [0.2, 0.25) is 0 Å². The van der Waals surface area contributed by atoms with Crippen molar-refractivity contribution in [1.82, 2.24) is 20.9 Å². The van der Waals surface area contributed by atoms with Crippen LogP contribution < -0.4 is 33.2 Å². The summed E-state index contributed by atoms with van der Waals surface area (Å²) < 4.78 is 0. The summed E-state index contributed by atoms with van der Waals surface area (Å²) >= 11 is 0. The normalized spacial score (nSPS) is 15.2. The molecule has 0 bridgehead atoms. The molecule has 1 aliphatic rings. The van der Waals surface area contributed by atoms with Crippen molar-refractivity contribution in [2.24, 2.45) is 22.2 Å². The van der Waals surface area contributed by atoms with Gasteiger partial charge in [-0.3, -0.25) is 29.0 Å². The molecule has 0 aromatic rings. The molecule has 0 aliphatic carbocycles. The number of aliphatic imine (C=N–C) groups is 1. The first-order valence-electron chi connectivity index (χ1n) is 18.2. The second kappa shape index (κ2) is 26.0. The third-order valence-electron chi connectivity index (χ3n) is 8.66. The van der Waals surface area contributed by atoms with E-state index < -0.39 is 47.7 Å². The van der Waals surface area contributed by atoms with Crippen LogP contribution in [0.4, 0.5) is 0 Å². The van der Waals surface area contributed by atoms with Gasteiger partial charge in [-0.15, -0.1) is 0 Å². The Hall–Kier alpha value is -3.91. The molecule has 5 amide bonds. The van der Waals surface area contributed by atoms with Crippen molar-refractivity contribution >= 4 is 41.5 Å². The van der Waals surface area contributed by atoms with Gasteiger partial charge in [-0.05, 0) is 38.5 Å². The Bertz CT molecular complexity index is 1070. The highest BCUT2D eigenvalue weighted by Crippen LogP contribution is 2.20. The van der Waals surface area contributed by atoms with Crippen molar-refractivity contribution in [3.63, 3.8) is 0 Å². The summed E-state index contributed by atoms with van der Waals surface area (Å²) in [5, 5.41) is 17.2. The zero-order chi connectivity index (χ0) is 36.4. The molecule has 3 unspecified atom stereocenters. The lowest BCUT2D eigenvalue weighted by Gasteiger charge is -2.29. The van der Waals surface area contributed by atoms with Crippen LogP contribution in [-0.4, -0.2) is 89.2 Å². The van der Waals surface area contributed by atoms with E-state index in [1.807, 2.05) is 0 Å². The van der Waals surface area contributed by atoms with Crippen LogP contribution in [0.25, 0.3) is 0 Å². The highest BCUT2D eigenvalue weighted by molar-refractivity contribution is 5.94. The van der Waals surface area contributed by atoms with Gasteiger partial charge in [0.15, 0.2) is 5.96 Å². The maximum atomic E-state index is 13.5. The number of nitrogens with zero attached hydrogens (tertiary/aromatic N) is 2. The molecule has 0 aromatic carbocycles. The summed E-state index contributed by atoms with van der Waals surface area (Å²) in [6, 6.07) is -3.34. The number of carbonyl (C=O) groups is 6. The van der Waals surface area contributed by atoms with Gasteiger partial charge in [-0.25, -0.2) is 4.79 Å². The van der Waals surface area contributed by atoms with Gasteiger partial charge in [0.25, 0.3) is 0 Å². The fraction of sp³-hybridized carbons (Fsp3) is 0.794. The monoisotopic (exact) mass is 694 g/mol. The van der Waals surface area contributed by atoms with Gasteiger partial charge in [0, 0.05) is 25.9 Å². The van der Waals surface area contributed by atoms with Crippen molar-refractivity contribution in [3.05, 3.63) is 0 Å². The van der Waals surface area contributed by atoms with Crippen molar-refractivity contribution < 1.29 is 33.9 Å². The molecule has 1 aliphatic heterocycles. The summed E-state index contributed by atoms with van der Waals surface area (Å²) in [4.78, 5) is 80.0. The summed E-state index contributed by atoms with van der Waals surface area (Å²) in [6.45, 7) is 2.28. The van der Waals surface area contributed by atoms with Crippen LogP contribution in [0, 0.1) is 0 Å². The van der Waals surface area contributed by atoms with Gasteiger partial charge >= 0.3 is 5.97 Å². The number of unbranched alkanes of at least 4 members (excludes halogenated alkanes) is 12. The highest BCUT2D eigenvalue weighted by Gasteiger charge is 2.38. The fourth-order valence-corrected chi connectivity index (χ4v) is 5.89. The number of guanidine groups is 1. The summed E-state index contributed by atoms with van der Waals surface area (Å²) in [5.41, 5.74) is 15.9. The molecule has 15 heteroatoms. The summed E-state index contributed by atoms with van der Waals surface area (Å²) in [6.07, 6.45) is 16.7. The molecular weight excluding hydrogens is 632 g/mol. The second-order valence-electron chi connectivity index (χ2n) is 12.9. The van der Waals surface area contributed by atoms with E-state index in [4.69, 9.17) is 17.2 Å². The third kappa shape index (κ3) is 20.3. The average Bonchev–Trinajstić information content (AvgIpc) is 3.55. The molecule has 1 rings (SSSR count). The van der Waals surface area contributed by atoms with Crippen LogP contribution in [0.3, 0.4) is 0 Å². The van der Waals surface area contributed by atoms with Crippen LogP contribution >= 0.6 is 0 Å². The number of aliphatic carboxylic acids is 1. The summed E-state index contributed by atoms with van der Waals surface area (Å²) in [7, 11) is 0. The first-order valence-corrected chi connectivity index (χ1v) is 18.2. The molecule has 1 heterocycles. The molecule has 49 heavy (non-hydrogen) atoms. The Morgan fingerprint density at radius 1 is 0.755 bits per heavy atom. The van der Waals surface area contributed by atoms with Crippen molar-refractivity contribution in [3.8, 4) is 0 Å². The summed E-state index contributed by atoms with van der Waals surface area (Å²) in [5.74, 6) is -4.14. The van der Waals surface area contributed by atoms with E-state index in [1.165, 1.54) is 62.7 Å². The molecule has 280 valence electrons. The van der Waals surface area contributed by atoms with E-state index in [0.717, 1.165) is 25.7 Å². The van der Waals surface area contributed by atoms with E-state index in [9.17, 15) is 33.9 Å². The molecular formula is C34H62N8O7. The molecule has 0 saturated carbocycles. The highest BCUT2D eigenvalue weighted by atomic mass is 16.4. The smallest absolute Gasteiger partial charge is 0.326 e. The van der Waals surface area contributed by atoms with E-state index in [1.54, 1.807) is 0 Å². The minimum Gasteiger partial charge on any atom is -0.480 e. The van der Waals surface area contributed by atoms with Crippen LogP contribution in [-0.2, 0) is 28.8 Å². The average molecular weight is 695 g/mol. The molecule has 0 spiro atoms. The van der Waals surface area contributed by atoms with E-state index in [-0.39, 0.29) is 50.8 Å². The molecule has 1 fully saturated rings. The third-order valence-corrected chi connectivity index (χ3v) is 8.66. The standard InChI is InChI=1S/C34H62N8O7/c1-2-3-4-5-6-7-8-9-10-11-12-13-14-19-29(44)39-24-30(45)40-25(20-21-28(35)43)32(47)42-23-16-18-27(42)31(46)41-26(33(48)49)17-15-22-38-34(36)37/h25-27H,2-24H2,1H3,(H2,35,43)(H,39,44)(H,40,45)(H,41,46)(H,48,49)(H4,36,37,38). The largest absolute Gasteiger partial charge is 0.480 e. The van der Waals surface area contributed by atoms with E-state index in [0.29, 0.717) is 25.7 Å². The van der Waals surface area contributed by atoms with Gasteiger partial charge in [0.1, 0.15) is 18.1 Å². The van der Waals surface area contributed by atoms with Crippen molar-refractivity contribution in [2.45, 2.75) is 153 Å². The lowest BCUT2D eigenvalue weighted by atomic mass is 10.0. The number of nitrogens with one attached hydrogen (secondary N) is 3. The predicted molar refractivity (Wildman–Crippen MR) is 188 cm³/mol.